The molecule has 1 aromatic carbocycles. The first-order chi connectivity index (χ1) is 9.26. The molecule has 2 unspecified atom stereocenters. The van der Waals surface area contributed by atoms with Gasteiger partial charge in [0.05, 0.1) is 30.9 Å². The molecule has 0 spiro atoms. The van der Waals surface area contributed by atoms with Gasteiger partial charge in [-0.25, -0.2) is 0 Å². The van der Waals surface area contributed by atoms with Crippen LogP contribution in [0.25, 0.3) is 0 Å². The molecule has 1 fully saturated rings. The number of hydrogen-bond donors (Lipinski definition) is 1. The Morgan fingerprint density at radius 3 is 3.05 bits per heavy atom. The molecule has 1 saturated heterocycles. The number of rotatable bonds is 5. The highest BCUT2D eigenvalue weighted by atomic mass is 35.5. The van der Waals surface area contributed by atoms with Crippen molar-refractivity contribution in [1.29, 1.82) is 0 Å². The summed E-state index contributed by atoms with van der Waals surface area (Å²) < 4.78 is 11.2. The molecule has 1 aliphatic rings. The van der Waals surface area contributed by atoms with Gasteiger partial charge in [-0.15, -0.1) is 0 Å². The maximum Gasteiger partial charge on any atom is 0.137 e. The van der Waals surface area contributed by atoms with Crippen LogP contribution >= 0.6 is 23.4 Å². The number of methoxy groups -OCH3 is 1. The lowest BCUT2D eigenvalue weighted by Gasteiger charge is -2.31. The second kappa shape index (κ2) is 7.39. The van der Waals surface area contributed by atoms with Crippen LogP contribution in [0.5, 0.6) is 5.75 Å². The number of ether oxygens (including phenoxy) is 2. The molecular formula is C14H20ClNO2S. The van der Waals surface area contributed by atoms with Gasteiger partial charge in [0.25, 0.3) is 0 Å². The third-order valence-corrected chi connectivity index (χ3v) is 4.50. The summed E-state index contributed by atoms with van der Waals surface area (Å²) in [6.45, 7) is 3.83. The topological polar surface area (TPSA) is 30.5 Å². The molecule has 2 atom stereocenters. The van der Waals surface area contributed by atoms with Gasteiger partial charge < -0.3 is 14.8 Å². The van der Waals surface area contributed by atoms with Crippen molar-refractivity contribution in [2.45, 2.75) is 19.1 Å². The van der Waals surface area contributed by atoms with Crippen LogP contribution in [0.1, 0.15) is 18.5 Å². The molecule has 106 valence electrons. The predicted octanol–water partition coefficient (Wildman–Crippen LogP) is 3.13. The fraction of sp³-hybridized carbons (Fsp3) is 0.571. The van der Waals surface area contributed by atoms with E-state index >= 15 is 0 Å². The summed E-state index contributed by atoms with van der Waals surface area (Å²) in [5, 5.41) is 4.14. The summed E-state index contributed by atoms with van der Waals surface area (Å²) in [5.74, 6) is 2.81. The highest BCUT2D eigenvalue weighted by Gasteiger charge is 2.26. The molecule has 0 amide bonds. The second-order valence-corrected chi connectivity index (χ2v) is 5.97. The molecule has 1 aliphatic heterocycles. The van der Waals surface area contributed by atoms with Gasteiger partial charge in [0.2, 0.25) is 0 Å². The van der Waals surface area contributed by atoms with Crippen molar-refractivity contribution in [2.24, 2.45) is 0 Å². The average molecular weight is 302 g/mol. The van der Waals surface area contributed by atoms with E-state index in [1.165, 1.54) is 0 Å². The third kappa shape index (κ3) is 3.78. The van der Waals surface area contributed by atoms with Gasteiger partial charge >= 0.3 is 0 Å². The van der Waals surface area contributed by atoms with Crippen molar-refractivity contribution in [3.05, 3.63) is 28.8 Å². The number of halogens is 1. The van der Waals surface area contributed by atoms with Gasteiger partial charge in [-0.1, -0.05) is 24.6 Å². The maximum absolute atomic E-state index is 6.08. The van der Waals surface area contributed by atoms with Crippen LogP contribution in [0.4, 0.5) is 0 Å². The molecule has 0 aromatic heterocycles. The minimum absolute atomic E-state index is 0.184. The van der Waals surface area contributed by atoms with E-state index in [1.54, 1.807) is 7.11 Å². The van der Waals surface area contributed by atoms with E-state index in [-0.39, 0.29) is 12.1 Å². The summed E-state index contributed by atoms with van der Waals surface area (Å²) in [6, 6.07) is 6.11. The van der Waals surface area contributed by atoms with Crippen LogP contribution in [-0.2, 0) is 4.74 Å². The van der Waals surface area contributed by atoms with E-state index in [0.717, 1.165) is 30.2 Å². The Morgan fingerprint density at radius 2 is 2.42 bits per heavy atom. The first-order valence-corrected chi connectivity index (χ1v) is 8.05. The molecule has 0 saturated carbocycles. The van der Waals surface area contributed by atoms with Gasteiger partial charge in [0.15, 0.2) is 0 Å². The van der Waals surface area contributed by atoms with Crippen molar-refractivity contribution >= 4 is 23.4 Å². The summed E-state index contributed by atoms with van der Waals surface area (Å²) in [4.78, 5) is 0. The lowest BCUT2D eigenvalue weighted by Crippen LogP contribution is -2.38. The van der Waals surface area contributed by atoms with Crippen LogP contribution in [0, 0.1) is 0 Å². The smallest absolute Gasteiger partial charge is 0.137 e. The first kappa shape index (κ1) is 15.0. The Balaban J connectivity index is 2.22. The summed E-state index contributed by atoms with van der Waals surface area (Å²) in [5.41, 5.74) is 1.16. The van der Waals surface area contributed by atoms with E-state index in [4.69, 9.17) is 21.1 Å². The molecule has 0 radical (unpaired) electrons. The van der Waals surface area contributed by atoms with Crippen LogP contribution in [0.2, 0.25) is 5.02 Å². The van der Waals surface area contributed by atoms with Crippen molar-refractivity contribution in [1.82, 2.24) is 5.32 Å². The van der Waals surface area contributed by atoms with Crippen LogP contribution in [0.15, 0.2) is 18.2 Å². The zero-order chi connectivity index (χ0) is 13.7. The van der Waals surface area contributed by atoms with Crippen molar-refractivity contribution in [3.8, 4) is 5.75 Å². The fourth-order valence-electron chi connectivity index (χ4n) is 2.25. The van der Waals surface area contributed by atoms with E-state index in [0.29, 0.717) is 10.8 Å². The maximum atomic E-state index is 6.08. The Labute approximate surface area is 124 Å². The third-order valence-electron chi connectivity index (χ3n) is 3.17. The number of hydrogen-bond acceptors (Lipinski definition) is 4. The molecule has 1 heterocycles. The molecule has 2 rings (SSSR count). The van der Waals surface area contributed by atoms with E-state index in [2.05, 4.69) is 12.2 Å². The van der Waals surface area contributed by atoms with Gasteiger partial charge in [0.1, 0.15) is 5.75 Å². The van der Waals surface area contributed by atoms with Gasteiger partial charge in [-0.05, 0) is 24.2 Å². The average Bonchev–Trinajstić information content (AvgIpc) is 2.46. The standard InChI is InChI=1S/C14H20ClNO2S/c1-3-16-14(13-9-19-7-6-18-13)10-4-5-11(15)12(8-10)17-2/h4-5,8,13-14,16H,3,6-7,9H2,1-2H3. The molecule has 3 nitrogen and oxygen atoms in total. The Hall–Kier alpha value is -0.420. The Bertz CT molecular complexity index is 410. The largest absolute Gasteiger partial charge is 0.495 e. The SMILES string of the molecule is CCNC(c1ccc(Cl)c(OC)c1)C1CSCCO1. The second-order valence-electron chi connectivity index (χ2n) is 4.41. The lowest BCUT2D eigenvalue weighted by molar-refractivity contribution is 0.0472. The van der Waals surface area contributed by atoms with Crippen LogP contribution in [0.3, 0.4) is 0 Å². The molecule has 1 aromatic rings. The van der Waals surface area contributed by atoms with Crippen LogP contribution in [-0.4, -0.2) is 37.9 Å². The zero-order valence-electron chi connectivity index (χ0n) is 11.3. The minimum atomic E-state index is 0.184. The number of likely N-dealkylation sites (N-methyl/N-ethyl adjacent to an activating group) is 1. The van der Waals surface area contributed by atoms with Crippen LogP contribution < -0.4 is 10.1 Å². The lowest BCUT2D eigenvalue weighted by atomic mass is 10.0. The molecule has 5 heteroatoms. The zero-order valence-corrected chi connectivity index (χ0v) is 12.9. The Morgan fingerprint density at radius 1 is 1.58 bits per heavy atom. The van der Waals surface area contributed by atoms with E-state index < -0.39 is 0 Å². The van der Waals surface area contributed by atoms with E-state index in [9.17, 15) is 0 Å². The fourth-order valence-corrected chi connectivity index (χ4v) is 3.35. The molecule has 1 N–H and O–H groups in total. The molecule has 19 heavy (non-hydrogen) atoms. The summed E-state index contributed by atoms with van der Waals surface area (Å²) in [6.07, 6.45) is 0.199. The van der Waals surface area contributed by atoms with E-state index in [1.807, 2.05) is 30.0 Å². The number of nitrogens with one attached hydrogen (secondary N) is 1. The van der Waals surface area contributed by atoms with Gasteiger partial charge in [-0.3, -0.25) is 0 Å². The van der Waals surface area contributed by atoms with Crippen molar-refractivity contribution in [2.75, 3.05) is 31.8 Å². The normalized spacial score (nSPS) is 21.1. The number of benzene rings is 1. The first-order valence-electron chi connectivity index (χ1n) is 6.52. The summed E-state index contributed by atoms with van der Waals surface area (Å²) in [7, 11) is 1.64. The molecule has 0 bridgehead atoms. The number of thioether (sulfide) groups is 1. The van der Waals surface area contributed by atoms with Crippen molar-refractivity contribution < 1.29 is 9.47 Å². The quantitative estimate of drug-likeness (QED) is 0.905. The minimum Gasteiger partial charge on any atom is -0.495 e. The summed E-state index contributed by atoms with van der Waals surface area (Å²) >= 11 is 8.03. The highest BCUT2D eigenvalue weighted by molar-refractivity contribution is 7.99. The Kier molecular flexibility index (Phi) is 5.82. The molecule has 0 aliphatic carbocycles. The van der Waals surface area contributed by atoms with Gasteiger partial charge in [0, 0.05) is 11.5 Å². The van der Waals surface area contributed by atoms with Crippen molar-refractivity contribution in [3.63, 3.8) is 0 Å². The predicted molar refractivity (Wildman–Crippen MR) is 81.5 cm³/mol. The highest BCUT2D eigenvalue weighted by Crippen LogP contribution is 2.31. The van der Waals surface area contributed by atoms with Gasteiger partial charge in [-0.2, -0.15) is 11.8 Å². The monoisotopic (exact) mass is 301 g/mol. The molecular weight excluding hydrogens is 282 g/mol.